The van der Waals surface area contributed by atoms with Gasteiger partial charge in [0.05, 0.1) is 12.0 Å². The second-order valence-corrected chi connectivity index (χ2v) is 4.35. The number of carboxylic acids is 1. The molecule has 1 aromatic rings. The van der Waals surface area contributed by atoms with Crippen LogP contribution in [0.1, 0.15) is 17.5 Å². The fraction of sp³-hybridized carbons (Fsp3) is 0.600. The van der Waals surface area contributed by atoms with E-state index in [9.17, 15) is 4.79 Å². The van der Waals surface area contributed by atoms with Crippen molar-refractivity contribution < 1.29 is 14.4 Å². The Morgan fingerprint density at radius 1 is 1.73 bits per heavy atom. The summed E-state index contributed by atoms with van der Waals surface area (Å²) in [4.78, 5) is 10.9. The smallest absolute Gasteiger partial charge is 0.307 e. The van der Waals surface area contributed by atoms with Crippen LogP contribution in [0.3, 0.4) is 0 Å². The van der Waals surface area contributed by atoms with Gasteiger partial charge in [-0.2, -0.15) is 0 Å². The van der Waals surface area contributed by atoms with Gasteiger partial charge in [0, 0.05) is 6.07 Å². The van der Waals surface area contributed by atoms with Crippen LogP contribution in [0.5, 0.6) is 0 Å². The van der Waals surface area contributed by atoms with Gasteiger partial charge in [-0.1, -0.05) is 5.16 Å². The minimum absolute atomic E-state index is 0.0635. The molecule has 0 spiro atoms. The number of aliphatic carboxylic acids is 1. The zero-order valence-corrected chi connectivity index (χ0v) is 8.30. The fourth-order valence-electron chi connectivity index (χ4n) is 2.70. The Kier molecular flexibility index (Phi) is 1.68. The first-order valence-electron chi connectivity index (χ1n) is 5.08. The average Bonchev–Trinajstić information content (AvgIpc) is 2.56. The number of rotatable bonds is 2. The maximum atomic E-state index is 10.9. The molecule has 0 amide bonds. The first-order valence-corrected chi connectivity index (χ1v) is 5.08. The van der Waals surface area contributed by atoms with Gasteiger partial charge in [0.15, 0.2) is 0 Å². The second-order valence-electron chi connectivity index (χ2n) is 4.35. The van der Waals surface area contributed by atoms with Crippen LogP contribution in [0.25, 0.3) is 0 Å². The molecule has 0 aromatic carbocycles. The SMILES string of the molecule is Cc1cc(C2NCC3C(C(=O)O)C23)no1. The lowest BCUT2D eigenvalue weighted by Gasteiger charge is -2.10. The Balaban J connectivity index is 1.82. The number of nitrogens with zero attached hydrogens (tertiary/aromatic N) is 1. The molecule has 1 saturated carbocycles. The Labute approximate surface area is 86.4 Å². The van der Waals surface area contributed by atoms with Gasteiger partial charge in [0.1, 0.15) is 11.5 Å². The predicted octanol–water partition coefficient (Wildman–Crippen LogP) is 0.574. The van der Waals surface area contributed by atoms with Gasteiger partial charge < -0.3 is 14.9 Å². The van der Waals surface area contributed by atoms with Crippen molar-refractivity contribution in [2.75, 3.05) is 6.54 Å². The topological polar surface area (TPSA) is 75.4 Å². The van der Waals surface area contributed by atoms with Gasteiger partial charge in [0.25, 0.3) is 0 Å². The molecule has 0 bridgehead atoms. The molecule has 1 aliphatic heterocycles. The van der Waals surface area contributed by atoms with Crippen molar-refractivity contribution in [1.82, 2.24) is 10.5 Å². The lowest BCUT2D eigenvalue weighted by atomic mass is 10.1. The zero-order chi connectivity index (χ0) is 10.6. The number of carboxylic acid groups (broad SMARTS) is 1. The van der Waals surface area contributed by atoms with Crippen molar-refractivity contribution in [1.29, 1.82) is 0 Å². The summed E-state index contributed by atoms with van der Waals surface area (Å²) in [7, 11) is 0. The minimum atomic E-state index is -0.684. The maximum Gasteiger partial charge on any atom is 0.307 e. The monoisotopic (exact) mass is 208 g/mol. The molecule has 80 valence electrons. The minimum Gasteiger partial charge on any atom is -0.481 e. The van der Waals surface area contributed by atoms with Crippen molar-refractivity contribution in [3.8, 4) is 0 Å². The van der Waals surface area contributed by atoms with Gasteiger partial charge in [-0.05, 0) is 25.3 Å². The molecular weight excluding hydrogens is 196 g/mol. The number of piperidine rings is 1. The predicted molar refractivity (Wildman–Crippen MR) is 50.1 cm³/mol. The average molecular weight is 208 g/mol. The number of aryl methyl sites for hydroxylation is 1. The van der Waals surface area contributed by atoms with E-state index in [0.717, 1.165) is 18.0 Å². The summed E-state index contributed by atoms with van der Waals surface area (Å²) in [5.41, 5.74) is 0.837. The Morgan fingerprint density at radius 3 is 3.07 bits per heavy atom. The molecule has 0 radical (unpaired) electrons. The van der Waals surface area contributed by atoms with Gasteiger partial charge in [0.2, 0.25) is 0 Å². The maximum absolute atomic E-state index is 10.9. The molecule has 4 unspecified atom stereocenters. The lowest BCUT2D eigenvalue weighted by Crippen LogP contribution is -2.23. The largest absolute Gasteiger partial charge is 0.481 e. The van der Waals surface area contributed by atoms with Crippen LogP contribution in [0.4, 0.5) is 0 Å². The highest BCUT2D eigenvalue weighted by Gasteiger charge is 2.62. The Bertz CT molecular complexity index is 415. The third-order valence-electron chi connectivity index (χ3n) is 3.44. The van der Waals surface area contributed by atoms with Crippen LogP contribution in [-0.2, 0) is 4.79 Å². The van der Waals surface area contributed by atoms with Gasteiger partial charge >= 0.3 is 5.97 Å². The molecule has 4 atom stereocenters. The van der Waals surface area contributed by atoms with Crippen molar-refractivity contribution >= 4 is 5.97 Å². The first kappa shape index (κ1) is 8.91. The van der Waals surface area contributed by atoms with Crippen LogP contribution < -0.4 is 5.32 Å². The second kappa shape index (κ2) is 2.82. The summed E-state index contributed by atoms with van der Waals surface area (Å²) < 4.78 is 5.00. The molecule has 1 saturated heterocycles. The molecular formula is C10H12N2O3. The number of aromatic nitrogens is 1. The number of nitrogens with one attached hydrogen (secondary N) is 1. The standard InChI is InChI=1S/C10H12N2O3/c1-4-2-6(12-15-4)9-7-5(3-11-9)8(7)10(13)14/h2,5,7-9,11H,3H2,1H3,(H,13,14). The van der Waals surface area contributed by atoms with Crippen molar-refractivity contribution in [3.05, 3.63) is 17.5 Å². The van der Waals surface area contributed by atoms with Gasteiger partial charge in [-0.25, -0.2) is 0 Å². The van der Waals surface area contributed by atoms with E-state index in [4.69, 9.17) is 9.63 Å². The molecule has 15 heavy (non-hydrogen) atoms. The van der Waals surface area contributed by atoms with E-state index in [1.807, 2.05) is 13.0 Å². The number of hydrogen-bond acceptors (Lipinski definition) is 4. The highest BCUT2D eigenvalue weighted by molar-refractivity contribution is 5.75. The zero-order valence-electron chi connectivity index (χ0n) is 8.30. The van der Waals surface area contributed by atoms with Crippen LogP contribution in [0, 0.1) is 24.7 Å². The summed E-state index contributed by atoms with van der Waals surface area (Å²) >= 11 is 0. The Morgan fingerprint density at radius 2 is 2.53 bits per heavy atom. The van der Waals surface area contributed by atoms with Crippen molar-refractivity contribution in [3.63, 3.8) is 0 Å². The molecule has 5 heteroatoms. The van der Waals surface area contributed by atoms with E-state index >= 15 is 0 Å². The van der Waals surface area contributed by atoms with Crippen LogP contribution in [-0.4, -0.2) is 22.8 Å². The van der Waals surface area contributed by atoms with Gasteiger partial charge in [-0.3, -0.25) is 4.79 Å². The molecule has 2 heterocycles. The molecule has 5 nitrogen and oxygen atoms in total. The molecule has 2 aliphatic rings. The van der Waals surface area contributed by atoms with Crippen LogP contribution in [0.2, 0.25) is 0 Å². The highest BCUT2D eigenvalue weighted by atomic mass is 16.5. The number of fused-ring (bicyclic) bond motifs is 1. The first-order chi connectivity index (χ1) is 7.18. The normalized spacial score (nSPS) is 37.7. The molecule has 2 fully saturated rings. The van der Waals surface area contributed by atoms with E-state index in [2.05, 4.69) is 10.5 Å². The van der Waals surface area contributed by atoms with Crippen molar-refractivity contribution in [2.45, 2.75) is 13.0 Å². The molecule has 2 N–H and O–H groups in total. The summed E-state index contributed by atoms with van der Waals surface area (Å²) in [5, 5.41) is 16.2. The third kappa shape index (κ3) is 1.19. The van der Waals surface area contributed by atoms with E-state index in [0.29, 0.717) is 0 Å². The third-order valence-corrected chi connectivity index (χ3v) is 3.44. The number of hydrogen-bond donors (Lipinski definition) is 2. The fourth-order valence-corrected chi connectivity index (χ4v) is 2.70. The summed E-state index contributed by atoms with van der Waals surface area (Å²) in [6.07, 6.45) is 0. The Hall–Kier alpha value is -1.36. The molecule has 3 rings (SSSR count). The van der Waals surface area contributed by atoms with Gasteiger partial charge in [-0.15, -0.1) is 0 Å². The van der Waals surface area contributed by atoms with Crippen molar-refractivity contribution in [2.24, 2.45) is 17.8 Å². The summed E-state index contributed by atoms with van der Waals surface area (Å²) in [6, 6.07) is 1.94. The van der Waals surface area contributed by atoms with Crippen LogP contribution in [0.15, 0.2) is 10.6 Å². The van der Waals surface area contributed by atoms with E-state index in [1.54, 1.807) is 0 Å². The summed E-state index contributed by atoms with van der Waals surface area (Å²) in [6.45, 7) is 2.61. The number of carbonyl (C=O) groups is 1. The highest BCUT2D eigenvalue weighted by Crippen LogP contribution is 2.56. The quantitative estimate of drug-likeness (QED) is 0.743. The summed E-state index contributed by atoms with van der Waals surface area (Å²) in [5.74, 6) is 0.379. The van der Waals surface area contributed by atoms with Crippen LogP contribution >= 0.6 is 0 Å². The van der Waals surface area contributed by atoms with E-state index in [-0.39, 0.29) is 23.8 Å². The lowest BCUT2D eigenvalue weighted by molar-refractivity contribution is -0.139. The van der Waals surface area contributed by atoms with E-state index < -0.39 is 5.97 Å². The van der Waals surface area contributed by atoms with E-state index in [1.165, 1.54) is 0 Å². The molecule has 1 aromatic heterocycles. The molecule has 1 aliphatic carbocycles.